The molecule has 0 aromatic heterocycles. The van der Waals surface area contributed by atoms with Crippen LogP contribution in [0.3, 0.4) is 0 Å². The van der Waals surface area contributed by atoms with Crippen molar-refractivity contribution in [3.63, 3.8) is 0 Å². The fraction of sp³-hybridized carbons (Fsp3) is 0. The van der Waals surface area contributed by atoms with Crippen LogP contribution in [0.5, 0.6) is 0 Å². The summed E-state index contributed by atoms with van der Waals surface area (Å²) in [7, 11) is 0. The second kappa shape index (κ2) is 4.83. The Kier molecular flexibility index (Phi) is 2.88. The third-order valence-corrected chi connectivity index (χ3v) is 3.03. The summed E-state index contributed by atoms with van der Waals surface area (Å²) in [6.45, 7) is 0. The van der Waals surface area contributed by atoms with E-state index in [9.17, 15) is 0 Å². The molecule has 2 nitrogen and oxygen atoms in total. The number of nitrogens with zero attached hydrogens (tertiary/aromatic N) is 1. The topological polar surface area (TPSA) is 35.8 Å². The third kappa shape index (κ3) is 2.41. The average Bonchev–Trinajstić information content (AvgIpc) is 2.47. The van der Waals surface area contributed by atoms with E-state index in [1.165, 1.54) is 10.8 Å². The van der Waals surface area contributed by atoms with Gasteiger partial charge in [0.05, 0.1) is 11.6 Å². The van der Waals surface area contributed by atoms with Crippen LogP contribution in [0.15, 0.2) is 66.7 Å². The van der Waals surface area contributed by atoms with E-state index in [2.05, 4.69) is 35.7 Å². The standard InChI is InChI=1S/C17H12N2/c18-12-13-4-3-7-16(10-13)19-17-9-8-14-5-1-2-6-15(14)11-17/h1-11,19H. The molecule has 0 saturated carbocycles. The number of benzene rings is 3. The van der Waals surface area contributed by atoms with Crippen LogP contribution < -0.4 is 5.32 Å². The Morgan fingerprint density at radius 1 is 0.737 bits per heavy atom. The van der Waals surface area contributed by atoms with Gasteiger partial charge in [0.1, 0.15) is 0 Å². The van der Waals surface area contributed by atoms with Gasteiger partial charge in [-0.25, -0.2) is 0 Å². The van der Waals surface area contributed by atoms with Gasteiger partial charge in [0.2, 0.25) is 0 Å². The van der Waals surface area contributed by atoms with Gasteiger partial charge in [-0.1, -0.05) is 36.4 Å². The Labute approximate surface area is 111 Å². The smallest absolute Gasteiger partial charge is 0.0992 e. The van der Waals surface area contributed by atoms with Gasteiger partial charge in [0.25, 0.3) is 0 Å². The van der Waals surface area contributed by atoms with Gasteiger partial charge in [0, 0.05) is 11.4 Å². The first-order valence-electron chi connectivity index (χ1n) is 6.11. The lowest BCUT2D eigenvalue weighted by Crippen LogP contribution is -1.90. The van der Waals surface area contributed by atoms with Crippen molar-refractivity contribution in [1.29, 1.82) is 5.26 Å². The van der Waals surface area contributed by atoms with Crippen LogP contribution in [0.1, 0.15) is 5.56 Å². The molecule has 0 fully saturated rings. The molecule has 0 aliphatic rings. The third-order valence-electron chi connectivity index (χ3n) is 3.03. The van der Waals surface area contributed by atoms with Gasteiger partial charge in [-0.2, -0.15) is 5.26 Å². The summed E-state index contributed by atoms with van der Waals surface area (Å²) < 4.78 is 0. The minimum Gasteiger partial charge on any atom is -0.355 e. The molecule has 3 aromatic rings. The second-order valence-corrected chi connectivity index (χ2v) is 4.38. The molecule has 0 unspecified atom stereocenters. The molecule has 0 bridgehead atoms. The first kappa shape index (κ1) is 11.3. The lowest BCUT2D eigenvalue weighted by molar-refractivity contribution is 1.47. The molecule has 3 aromatic carbocycles. The van der Waals surface area contributed by atoms with Crippen molar-refractivity contribution in [2.45, 2.75) is 0 Å². The molecule has 90 valence electrons. The Morgan fingerprint density at radius 2 is 1.53 bits per heavy atom. The van der Waals surface area contributed by atoms with E-state index < -0.39 is 0 Å². The Hall–Kier alpha value is -2.79. The highest BCUT2D eigenvalue weighted by atomic mass is 14.9. The van der Waals surface area contributed by atoms with Crippen LogP contribution >= 0.6 is 0 Å². The maximum atomic E-state index is 8.89. The van der Waals surface area contributed by atoms with E-state index >= 15 is 0 Å². The molecule has 0 spiro atoms. The zero-order chi connectivity index (χ0) is 13.1. The van der Waals surface area contributed by atoms with Gasteiger partial charge < -0.3 is 5.32 Å². The predicted octanol–water partition coefficient (Wildman–Crippen LogP) is 4.46. The lowest BCUT2D eigenvalue weighted by atomic mass is 10.1. The molecule has 0 saturated heterocycles. The lowest BCUT2D eigenvalue weighted by Gasteiger charge is -2.07. The molecule has 0 radical (unpaired) electrons. The Bertz CT molecular complexity index is 769. The highest BCUT2D eigenvalue weighted by molar-refractivity contribution is 5.86. The summed E-state index contributed by atoms with van der Waals surface area (Å²) in [5.41, 5.74) is 2.61. The number of fused-ring (bicyclic) bond motifs is 1. The fourth-order valence-electron chi connectivity index (χ4n) is 2.10. The molecule has 0 atom stereocenters. The first-order chi connectivity index (χ1) is 9.35. The molecule has 2 heteroatoms. The van der Waals surface area contributed by atoms with Crippen LogP contribution in [-0.2, 0) is 0 Å². The summed E-state index contributed by atoms with van der Waals surface area (Å²) >= 11 is 0. The van der Waals surface area contributed by atoms with E-state index in [0.717, 1.165) is 11.4 Å². The normalized spacial score (nSPS) is 10.1. The van der Waals surface area contributed by atoms with Crippen molar-refractivity contribution in [2.24, 2.45) is 0 Å². The number of rotatable bonds is 2. The fourth-order valence-corrected chi connectivity index (χ4v) is 2.10. The van der Waals surface area contributed by atoms with Crippen LogP contribution in [0.4, 0.5) is 11.4 Å². The van der Waals surface area contributed by atoms with Gasteiger partial charge in [-0.05, 0) is 41.1 Å². The molecular weight excluding hydrogens is 232 g/mol. The van der Waals surface area contributed by atoms with Crippen LogP contribution in [-0.4, -0.2) is 0 Å². The van der Waals surface area contributed by atoms with Crippen molar-refractivity contribution in [2.75, 3.05) is 5.32 Å². The van der Waals surface area contributed by atoms with E-state index in [0.29, 0.717) is 5.56 Å². The van der Waals surface area contributed by atoms with E-state index in [-0.39, 0.29) is 0 Å². The summed E-state index contributed by atoms with van der Waals surface area (Å²) in [5.74, 6) is 0. The predicted molar refractivity (Wildman–Crippen MR) is 78.4 cm³/mol. The molecular formula is C17H12N2. The zero-order valence-electron chi connectivity index (χ0n) is 10.3. The Balaban J connectivity index is 1.94. The summed E-state index contributed by atoms with van der Waals surface area (Å²) in [6.07, 6.45) is 0. The molecule has 0 amide bonds. The molecule has 0 aliphatic heterocycles. The number of hydrogen-bond acceptors (Lipinski definition) is 2. The van der Waals surface area contributed by atoms with Gasteiger partial charge in [0.15, 0.2) is 0 Å². The summed E-state index contributed by atoms with van der Waals surface area (Å²) in [5, 5.41) is 14.6. The monoisotopic (exact) mass is 244 g/mol. The van der Waals surface area contributed by atoms with Crippen molar-refractivity contribution in [3.8, 4) is 6.07 Å². The number of nitrogens with one attached hydrogen (secondary N) is 1. The van der Waals surface area contributed by atoms with E-state index in [4.69, 9.17) is 5.26 Å². The highest BCUT2D eigenvalue weighted by Gasteiger charge is 1.98. The number of anilines is 2. The van der Waals surface area contributed by atoms with Crippen molar-refractivity contribution < 1.29 is 0 Å². The SMILES string of the molecule is N#Cc1cccc(Nc2ccc3ccccc3c2)c1. The van der Waals surface area contributed by atoms with E-state index in [1.807, 2.05) is 36.4 Å². The zero-order valence-corrected chi connectivity index (χ0v) is 10.3. The van der Waals surface area contributed by atoms with Gasteiger partial charge in [-0.3, -0.25) is 0 Å². The van der Waals surface area contributed by atoms with E-state index in [1.54, 1.807) is 6.07 Å². The molecule has 3 rings (SSSR count). The summed E-state index contributed by atoms with van der Waals surface area (Å²) in [6, 6.07) is 24.1. The maximum Gasteiger partial charge on any atom is 0.0992 e. The highest BCUT2D eigenvalue weighted by Crippen LogP contribution is 2.22. The first-order valence-corrected chi connectivity index (χ1v) is 6.11. The van der Waals surface area contributed by atoms with Gasteiger partial charge >= 0.3 is 0 Å². The van der Waals surface area contributed by atoms with Crippen LogP contribution in [0.25, 0.3) is 10.8 Å². The van der Waals surface area contributed by atoms with Crippen molar-refractivity contribution >= 4 is 22.1 Å². The second-order valence-electron chi connectivity index (χ2n) is 4.38. The maximum absolute atomic E-state index is 8.89. The minimum absolute atomic E-state index is 0.658. The summed E-state index contributed by atoms with van der Waals surface area (Å²) in [4.78, 5) is 0. The number of nitriles is 1. The van der Waals surface area contributed by atoms with Crippen molar-refractivity contribution in [1.82, 2.24) is 0 Å². The molecule has 1 N–H and O–H groups in total. The van der Waals surface area contributed by atoms with Crippen LogP contribution in [0.2, 0.25) is 0 Å². The Morgan fingerprint density at radius 3 is 2.37 bits per heavy atom. The molecule has 0 heterocycles. The average molecular weight is 244 g/mol. The van der Waals surface area contributed by atoms with Crippen LogP contribution in [0, 0.1) is 11.3 Å². The molecule has 19 heavy (non-hydrogen) atoms. The minimum atomic E-state index is 0.658. The quantitative estimate of drug-likeness (QED) is 0.722. The number of hydrogen-bond donors (Lipinski definition) is 1. The van der Waals surface area contributed by atoms with Crippen molar-refractivity contribution in [3.05, 3.63) is 72.3 Å². The van der Waals surface area contributed by atoms with Gasteiger partial charge in [-0.15, -0.1) is 0 Å². The largest absolute Gasteiger partial charge is 0.355 e. The molecule has 0 aliphatic carbocycles.